The van der Waals surface area contributed by atoms with Crippen molar-refractivity contribution in [2.24, 2.45) is 5.92 Å². The summed E-state index contributed by atoms with van der Waals surface area (Å²) in [6, 6.07) is 5.80. The molecule has 8 heteroatoms. The standard InChI is InChI=1S/C20H27FN4O3/c1-12(2)11-25-14(4)16(13(3)24-25)10-19(26)22-23-20(27)15(5)28-18-9-7-6-8-17(18)21/h6-9,12,15H,10-11H2,1-5H3,(H,22,26)(H,23,27). The lowest BCUT2D eigenvalue weighted by atomic mass is 10.1. The van der Waals surface area contributed by atoms with Crippen molar-refractivity contribution in [1.29, 1.82) is 0 Å². The van der Waals surface area contributed by atoms with Gasteiger partial charge in [0, 0.05) is 17.8 Å². The summed E-state index contributed by atoms with van der Waals surface area (Å²) in [5.74, 6) is -1.10. The van der Waals surface area contributed by atoms with Crippen LogP contribution in [0.15, 0.2) is 24.3 Å². The molecule has 7 nitrogen and oxygen atoms in total. The Balaban J connectivity index is 1.89. The summed E-state index contributed by atoms with van der Waals surface area (Å²) in [4.78, 5) is 24.3. The Morgan fingerprint density at radius 2 is 1.86 bits per heavy atom. The van der Waals surface area contributed by atoms with Crippen LogP contribution >= 0.6 is 0 Å². The fourth-order valence-corrected chi connectivity index (χ4v) is 2.74. The molecule has 1 heterocycles. The van der Waals surface area contributed by atoms with Crippen LogP contribution < -0.4 is 15.6 Å². The third-order valence-corrected chi connectivity index (χ3v) is 4.24. The Hall–Kier alpha value is -2.90. The van der Waals surface area contributed by atoms with E-state index < -0.39 is 17.8 Å². The molecule has 0 saturated heterocycles. The summed E-state index contributed by atoms with van der Waals surface area (Å²) < 4.78 is 20.8. The maximum Gasteiger partial charge on any atom is 0.279 e. The lowest BCUT2D eigenvalue weighted by molar-refractivity contribution is -0.132. The predicted octanol–water partition coefficient (Wildman–Crippen LogP) is 2.45. The van der Waals surface area contributed by atoms with Gasteiger partial charge in [0.25, 0.3) is 5.91 Å². The van der Waals surface area contributed by atoms with Crippen LogP contribution in [0.1, 0.15) is 37.7 Å². The van der Waals surface area contributed by atoms with Crippen LogP contribution in [0.25, 0.3) is 0 Å². The zero-order valence-electron chi connectivity index (χ0n) is 16.9. The molecule has 1 unspecified atom stereocenters. The summed E-state index contributed by atoms with van der Waals surface area (Å²) in [6.07, 6.45) is -0.882. The molecule has 1 atom stereocenters. The average Bonchev–Trinajstić information content (AvgIpc) is 2.88. The van der Waals surface area contributed by atoms with Crippen LogP contribution in [0.5, 0.6) is 5.75 Å². The fourth-order valence-electron chi connectivity index (χ4n) is 2.74. The normalized spacial score (nSPS) is 12.0. The number of nitrogens with one attached hydrogen (secondary N) is 2. The highest BCUT2D eigenvalue weighted by Gasteiger charge is 2.19. The first-order chi connectivity index (χ1) is 13.2. The van der Waals surface area contributed by atoms with Gasteiger partial charge in [0.1, 0.15) is 0 Å². The number of para-hydroxylation sites is 1. The Labute approximate surface area is 164 Å². The molecule has 1 aromatic carbocycles. The van der Waals surface area contributed by atoms with Gasteiger partial charge in [-0.05, 0) is 38.8 Å². The second-order valence-electron chi connectivity index (χ2n) is 7.13. The Morgan fingerprint density at radius 3 is 2.50 bits per heavy atom. The second kappa shape index (κ2) is 9.34. The minimum atomic E-state index is -0.977. The van der Waals surface area contributed by atoms with E-state index in [4.69, 9.17) is 4.74 Å². The predicted molar refractivity (Wildman–Crippen MR) is 103 cm³/mol. The molecular weight excluding hydrogens is 363 g/mol. The molecule has 1 aromatic heterocycles. The number of amides is 2. The molecule has 0 aliphatic heterocycles. The molecule has 2 rings (SSSR count). The minimum Gasteiger partial charge on any atom is -0.478 e. The number of hydrazine groups is 1. The van der Waals surface area contributed by atoms with Crippen LogP contribution in [0.4, 0.5) is 4.39 Å². The van der Waals surface area contributed by atoms with Gasteiger partial charge in [-0.2, -0.15) is 5.10 Å². The first-order valence-corrected chi connectivity index (χ1v) is 9.21. The van der Waals surface area contributed by atoms with E-state index in [-0.39, 0.29) is 18.1 Å². The van der Waals surface area contributed by atoms with Gasteiger partial charge in [-0.3, -0.25) is 25.1 Å². The van der Waals surface area contributed by atoms with Gasteiger partial charge in [-0.25, -0.2) is 4.39 Å². The quantitative estimate of drug-likeness (QED) is 0.711. The third kappa shape index (κ3) is 5.55. The maximum atomic E-state index is 13.6. The highest BCUT2D eigenvalue weighted by molar-refractivity contribution is 5.85. The molecule has 0 saturated carbocycles. The van der Waals surface area contributed by atoms with Crippen molar-refractivity contribution in [3.05, 3.63) is 47.0 Å². The number of carbonyl (C=O) groups is 2. The summed E-state index contributed by atoms with van der Waals surface area (Å²) in [7, 11) is 0. The van der Waals surface area contributed by atoms with Crippen LogP contribution in [0, 0.1) is 25.6 Å². The highest BCUT2D eigenvalue weighted by Crippen LogP contribution is 2.17. The van der Waals surface area contributed by atoms with Crippen molar-refractivity contribution in [3.8, 4) is 5.75 Å². The lowest BCUT2D eigenvalue weighted by Gasteiger charge is -2.15. The Kier molecular flexibility index (Phi) is 7.14. The van der Waals surface area contributed by atoms with Gasteiger partial charge in [-0.1, -0.05) is 26.0 Å². The topological polar surface area (TPSA) is 85.3 Å². The minimum absolute atomic E-state index is 0.0275. The molecule has 0 aliphatic rings. The van der Waals surface area contributed by atoms with Gasteiger partial charge in [0.2, 0.25) is 5.91 Å². The second-order valence-corrected chi connectivity index (χ2v) is 7.13. The maximum absolute atomic E-state index is 13.6. The van der Waals surface area contributed by atoms with Crippen molar-refractivity contribution in [2.75, 3.05) is 0 Å². The van der Waals surface area contributed by atoms with Crippen molar-refractivity contribution >= 4 is 11.8 Å². The molecule has 152 valence electrons. The summed E-state index contributed by atoms with van der Waals surface area (Å²) in [5.41, 5.74) is 7.23. The van der Waals surface area contributed by atoms with Crippen molar-refractivity contribution < 1.29 is 18.7 Å². The van der Waals surface area contributed by atoms with E-state index in [9.17, 15) is 14.0 Å². The number of hydrogen-bond donors (Lipinski definition) is 2. The molecule has 0 radical (unpaired) electrons. The van der Waals surface area contributed by atoms with Crippen LogP contribution in [-0.2, 0) is 22.6 Å². The summed E-state index contributed by atoms with van der Waals surface area (Å²) in [5, 5.41) is 4.48. The smallest absolute Gasteiger partial charge is 0.279 e. The third-order valence-electron chi connectivity index (χ3n) is 4.24. The van der Waals surface area contributed by atoms with E-state index in [1.165, 1.54) is 25.1 Å². The number of aryl methyl sites for hydroxylation is 1. The van der Waals surface area contributed by atoms with Gasteiger partial charge < -0.3 is 4.74 Å². The molecular formula is C20H27FN4O3. The first kappa shape index (κ1) is 21.4. The van der Waals surface area contributed by atoms with E-state index in [0.29, 0.717) is 5.92 Å². The van der Waals surface area contributed by atoms with Gasteiger partial charge >= 0.3 is 0 Å². The molecule has 2 N–H and O–H groups in total. The number of aromatic nitrogens is 2. The van der Waals surface area contributed by atoms with E-state index in [2.05, 4.69) is 29.8 Å². The highest BCUT2D eigenvalue weighted by atomic mass is 19.1. The monoisotopic (exact) mass is 390 g/mol. The van der Waals surface area contributed by atoms with Gasteiger partial charge in [0.15, 0.2) is 17.7 Å². The molecule has 0 bridgehead atoms. The van der Waals surface area contributed by atoms with E-state index in [0.717, 1.165) is 23.5 Å². The summed E-state index contributed by atoms with van der Waals surface area (Å²) >= 11 is 0. The molecule has 28 heavy (non-hydrogen) atoms. The lowest BCUT2D eigenvalue weighted by Crippen LogP contribution is -2.47. The largest absolute Gasteiger partial charge is 0.478 e. The average molecular weight is 390 g/mol. The SMILES string of the molecule is Cc1nn(CC(C)C)c(C)c1CC(=O)NNC(=O)C(C)Oc1ccccc1F. The number of benzene rings is 1. The van der Waals surface area contributed by atoms with E-state index >= 15 is 0 Å². The zero-order valence-corrected chi connectivity index (χ0v) is 16.9. The number of ether oxygens (including phenoxy) is 1. The number of nitrogens with zero attached hydrogens (tertiary/aromatic N) is 2. The molecule has 0 spiro atoms. The van der Waals surface area contributed by atoms with E-state index in [1.54, 1.807) is 6.07 Å². The number of hydrogen-bond acceptors (Lipinski definition) is 4. The molecule has 0 aliphatic carbocycles. The zero-order chi connectivity index (χ0) is 20.8. The number of halogens is 1. The molecule has 0 fully saturated rings. The van der Waals surface area contributed by atoms with Gasteiger partial charge in [-0.15, -0.1) is 0 Å². The number of rotatable bonds is 7. The number of carbonyl (C=O) groups excluding carboxylic acids is 2. The fraction of sp³-hybridized carbons (Fsp3) is 0.450. The molecule has 2 amide bonds. The van der Waals surface area contributed by atoms with Gasteiger partial charge in [0.05, 0.1) is 12.1 Å². The van der Waals surface area contributed by atoms with Crippen LogP contribution in [0.3, 0.4) is 0 Å². The first-order valence-electron chi connectivity index (χ1n) is 9.21. The Bertz CT molecular complexity index is 848. The van der Waals surface area contributed by atoms with Crippen LogP contribution in [-0.4, -0.2) is 27.7 Å². The van der Waals surface area contributed by atoms with E-state index in [1.807, 2.05) is 18.5 Å². The van der Waals surface area contributed by atoms with Crippen molar-refractivity contribution in [3.63, 3.8) is 0 Å². The molecule has 2 aromatic rings. The van der Waals surface area contributed by atoms with Crippen molar-refractivity contribution in [1.82, 2.24) is 20.6 Å². The van der Waals surface area contributed by atoms with Crippen LogP contribution in [0.2, 0.25) is 0 Å². The Morgan fingerprint density at radius 1 is 1.18 bits per heavy atom. The van der Waals surface area contributed by atoms with Crippen molar-refractivity contribution in [2.45, 2.75) is 53.7 Å². The summed E-state index contributed by atoms with van der Waals surface area (Å²) in [6.45, 7) is 10.2.